The van der Waals surface area contributed by atoms with Gasteiger partial charge in [-0.25, -0.2) is 0 Å². The second kappa shape index (κ2) is 8.09. The van der Waals surface area contributed by atoms with Crippen molar-refractivity contribution in [3.8, 4) is 11.5 Å². The maximum absolute atomic E-state index is 5.62. The number of hydrogen-bond acceptors (Lipinski definition) is 4. The van der Waals surface area contributed by atoms with Gasteiger partial charge in [-0.1, -0.05) is 24.3 Å². The second-order valence-corrected chi connectivity index (χ2v) is 8.22. The average molecular weight is 394 g/mol. The van der Waals surface area contributed by atoms with Crippen molar-refractivity contribution in [1.82, 2.24) is 14.4 Å². The van der Waals surface area contributed by atoms with Crippen molar-refractivity contribution in [3.05, 3.63) is 59.8 Å². The van der Waals surface area contributed by atoms with Crippen LogP contribution in [0.25, 0.3) is 10.9 Å². The van der Waals surface area contributed by atoms with Gasteiger partial charge in [-0.15, -0.1) is 0 Å². The number of methoxy groups -OCH3 is 2. The molecule has 0 saturated carbocycles. The number of likely N-dealkylation sites (tertiary alicyclic amines) is 1. The van der Waals surface area contributed by atoms with Crippen LogP contribution in [0.15, 0.2) is 48.7 Å². The zero-order valence-corrected chi connectivity index (χ0v) is 18.1. The number of fused-ring (bicyclic) bond motifs is 1. The van der Waals surface area contributed by atoms with Crippen LogP contribution in [0.4, 0.5) is 0 Å². The van der Waals surface area contributed by atoms with E-state index in [1.54, 1.807) is 14.2 Å². The Morgan fingerprint density at radius 1 is 1.03 bits per heavy atom. The van der Waals surface area contributed by atoms with Crippen molar-refractivity contribution in [2.24, 2.45) is 7.05 Å². The van der Waals surface area contributed by atoms with Gasteiger partial charge < -0.3 is 18.9 Å². The quantitative estimate of drug-likeness (QED) is 0.638. The number of aromatic nitrogens is 1. The fourth-order valence-corrected chi connectivity index (χ4v) is 4.72. The Labute approximate surface area is 173 Å². The highest BCUT2D eigenvalue weighted by Crippen LogP contribution is 2.37. The van der Waals surface area contributed by atoms with Crippen LogP contribution in [0.3, 0.4) is 0 Å². The van der Waals surface area contributed by atoms with Crippen LogP contribution >= 0.6 is 0 Å². The third-order valence-electron chi connectivity index (χ3n) is 6.24. The third kappa shape index (κ3) is 3.72. The summed E-state index contributed by atoms with van der Waals surface area (Å²) in [6.45, 7) is 2.95. The number of para-hydroxylation sites is 1. The molecular formula is C24H31N3O2. The fraction of sp³-hybridized carbons (Fsp3) is 0.417. The van der Waals surface area contributed by atoms with Crippen LogP contribution in [0.5, 0.6) is 11.5 Å². The van der Waals surface area contributed by atoms with Gasteiger partial charge in [0.15, 0.2) is 0 Å². The molecule has 0 unspecified atom stereocenters. The summed E-state index contributed by atoms with van der Waals surface area (Å²) in [6, 6.07) is 15.3. The number of benzene rings is 2. The van der Waals surface area contributed by atoms with Gasteiger partial charge in [0.25, 0.3) is 0 Å². The minimum Gasteiger partial charge on any atom is -0.497 e. The first kappa shape index (κ1) is 19.8. The van der Waals surface area contributed by atoms with Crippen molar-refractivity contribution in [2.75, 3.05) is 41.4 Å². The van der Waals surface area contributed by atoms with Crippen LogP contribution in [-0.4, -0.2) is 61.8 Å². The topological polar surface area (TPSA) is 29.9 Å². The Morgan fingerprint density at radius 3 is 2.55 bits per heavy atom. The molecule has 1 aliphatic heterocycles. The Balaban J connectivity index is 1.62. The summed E-state index contributed by atoms with van der Waals surface area (Å²) in [4.78, 5) is 4.92. The molecule has 4 rings (SSSR count). The maximum Gasteiger partial charge on any atom is 0.127 e. The maximum atomic E-state index is 5.62. The Morgan fingerprint density at radius 2 is 1.83 bits per heavy atom. The molecule has 1 aromatic heterocycles. The molecule has 0 radical (unpaired) electrons. The number of rotatable bonds is 6. The predicted molar refractivity (Wildman–Crippen MR) is 118 cm³/mol. The number of likely N-dealkylation sites (N-methyl/N-ethyl adjacent to an activating group) is 1. The molecule has 5 heteroatoms. The smallest absolute Gasteiger partial charge is 0.127 e. The zero-order chi connectivity index (χ0) is 20.5. The van der Waals surface area contributed by atoms with E-state index in [1.165, 1.54) is 22.0 Å². The monoisotopic (exact) mass is 393 g/mol. The summed E-state index contributed by atoms with van der Waals surface area (Å²) < 4.78 is 13.2. The molecule has 2 aromatic carbocycles. The first-order valence-electron chi connectivity index (χ1n) is 10.2. The van der Waals surface area contributed by atoms with E-state index in [-0.39, 0.29) is 0 Å². The molecule has 2 heterocycles. The first-order valence-corrected chi connectivity index (χ1v) is 10.2. The minimum atomic E-state index is 0.473. The van der Waals surface area contributed by atoms with Crippen LogP contribution in [0, 0.1) is 0 Å². The first-order chi connectivity index (χ1) is 14.0. The molecule has 3 aromatic rings. The second-order valence-electron chi connectivity index (χ2n) is 8.22. The van der Waals surface area contributed by atoms with Crippen LogP contribution in [0.1, 0.15) is 17.0 Å². The van der Waals surface area contributed by atoms with Gasteiger partial charge in [0.05, 0.1) is 14.2 Å². The predicted octanol–water partition coefficient (Wildman–Crippen LogP) is 3.73. The lowest BCUT2D eigenvalue weighted by atomic mass is 9.93. The molecule has 0 N–H and O–H groups in total. The summed E-state index contributed by atoms with van der Waals surface area (Å²) in [5.41, 5.74) is 3.95. The van der Waals surface area contributed by atoms with Gasteiger partial charge in [-0.3, -0.25) is 4.90 Å². The number of nitrogens with zero attached hydrogens (tertiary/aromatic N) is 3. The number of ether oxygens (including phenoxy) is 2. The van der Waals surface area contributed by atoms with Gasteiger partial charge in [0, 0.05) is 67.4 Å². The molecule has 2 atom stereocenters. The highest BCUT2D eigenvalue weighted by atomic mass is 16.5. The molecule has 29 heavy (non-hydrogen) atoms. The summed E-state index contributed by atoms with van der Waals surface area (Å²) in [5, 5.41) is 1.37. The van der Waals surface area contributed by atoms with Gasteiger partial charge in [-0.05, 0) is 31.8 Å². The molecule has 0 amide bonds. The van der Waals surface area contributed by atoms with Crippen LogP contribution < -0.4 is 9.47 Å². The van der Waals surface area contributed by atoms with E-state index in [1.807, 2.05) is 12.1 Å². The molecule has 0 spiro atoms. The highest BCUT2D eigenvalue weighted by molar-refractivity contribution is 5.84. The lowest BCUT2D eigenvalue weighted by Gasteiger charge is -2.25. The molecule has 1 aliphatic rings. The Bertz CT molecular complexity index is 995. The zero-order valence-electron chi connectivity index (χ0n) is 18.1. The van der Waals surface area contributed by atoms with E-state index in [9.17, 15) is 0 Å². The summed E-state index contributed by atoms with van der Waals surface area (Å²) in [6.07, 6.45) is 2.32. The molecule has 0 bridgehead atoms. The molecule has 0 aliphatic carbocycles. The van der Waals surface area contributed by atoms with E-state index in [2.05, 4.69) is 72.0 Å². The largest absolute Gasteiger partial charge is 0.497 e. The van der Waals surface area contributed by atoms with Crippen molar-refractivity contribution < 1.29 is 9.47 Å². The number of aryl methyl sites for hydroxylation is 1. The van der Waals surface area contributed by atoms with Crippen molar-refractivity contribution in [2.45, 2.75) is 18.5 Å². The van der Waals surface area contributed by atoms with Crippen molar-refractivity contribution >= 4 is 10.9 Å². The molecule has 5 nitrogen and oxygen atoms in total. The fourth-order valence-electron chi connectivity index (χ4n) is 4.72. The van der Waals surface area contributed by atoms with Crippen molar-refractivity contribution in [1.29, 1.82) is 0 Å². The normalized spacial score (nSPS) is 19.9. The van der Waals surface area contributed by atoms with Crippen LogP contribution in [-0.2, 0) is 13.6 Å². The molecule has 1 saturated heterocycles. The van der Waals surface area contributed by atoms with E-state index in [0.29, 0.717) is 12.0 Å². The van der Waals surface area contributed by atoms with Gasteiger partial charge in [-0.2, -0.15) is 0 Å². The average Bonchev–Trinajstić information content (AvgIpc) is 3.30. The lowest BCUT2D eigenvalue weighted by Crippen LogP contribution is -2.34. The Hall–Kier alpha value is -2.50. The molecule has 1 fully saturated rings. The summed E-state index contributed by atoms with van der Waals surface area (Å²) in [7, 11) is 9.95. The van der Waals surface area contributed by atoms with E-state index in [4.69, 9.17) is 9.47 Å². The highest BCUT2D eigenvalue weighted by Gasteiger charge is 2.36. The SMILES string of the molecule is COc1ccc(CN2C[C@@H](N(C)C)[C@H](c3cn(C)c4ccccc34)C2)c(OC)c1. The lowest BCUT2D eigenvalue weighted by molar-refractivity contribution is 0.258. The van der Waals surface area contributed by atoms with Crippen LogP contribution in [0.2, 0.25) is 0 Å². The third-order valence-corrected chi connectivity index (χ3v) is 6.24. The van der Waals surface area contributed by atoms with E-state index >= 15 is 0 Å². The Kier molecular flexibility index (Phi) is 5.52. The summed E-state index contributed by atoms with van der Waals surface area (Å²) >= 11 is 0. The molecule has 154 valence electrons. The standard InChI is InChI=1S/C24H31N3O2/c1-25(2)23-16-27(13-17-10-11-18(28-4)12-24(17)29-5)15-21(23)20-14-26(3)22-9-7-6-8-19(20)22/h6-12,14,21,23H,13,15-16H2,1-5H3/t21-,23+/m0/s1. The molecular weight excluding hydrogens is 362 g/mol. The number of hydrogen-bond donors (Lipinski definition) is 0. The van der Waals surface area contributed by atoms with Crippen molar-refractivity contribution in [3.63, 3.8) is 0 Å². The van der Waals surface area contributed by atoms with Gasteiger partial charge in [0.1, 0.15) is 11.5 Å². The van der Waals surface area contributed by atoms with Gasteiger partial charge in [0.2, 0.25) is 0 Å². The van der Waals surface area contributed by atoms with Gasteiger partial charge >= 0.3 is 0 Å². The van der Waals surface area contributed by atoms with E-state index < -0.39 is 0 Å². The minimum absolute atomic E-state index is 0.473. The summed E-state index contributed by atoms with van der Waals surface area (Å²) in [5.74, 6) is 2.19. The van der Waals surface area contributed by atoms with E-state index in [0.717, 1.165) is 31.1 Å².